The van der Waals surface area contributed by atoms with Crippen molar-refractivity contribution in [2.75, 3.05) is 0 Å². The molecule has 0 radical (unpaired) electrons. The standard InChI is InChI=1S/C17H14N2OS2/c20-13-7-3-8-14(13)22-17-11-5-1-2-6-12(11)18-16(19-17)15-9-4-10-21-15/h1-2,4-6,9-10,14H,3,7-8H2/t14-/m1/s1. The summed E-state index contributed by atoms with van der Waals surface area (Å²) in [6, 6.07) is 12.1. The van der Waals surface area contributed by atoms with Crippen molar-refractivity contribution >= 4 is 39.8 Å². The molecule has 0 N–H and O–H groups in total. The number of hydrogen-bond donors (Lipinski definition) is 0. The second kappa shape index (κ2) is 5.82. The van der Waals surface area contributed by atoms with Gasteiger partial charge in [-0.05, 0) is 30.4 Å². The van der Waals surface area contributed by atoms with E-state index >= 15 is 0 Å². The molecule has 1 atom stereocenters. The summed E-state index contributed by atoms with van der Waals surface area (Å²) in [5, 5.41) is 4.04. The number of carbonyl (C=O) groups is 1. The number of carbonyl (C=O) groups excluding carboxylic acids is 1. The Morgan fingerprint density at radius 1 is 1.14 bits per heavy atom. The Balaban J connectivity index is 1.82. The topological polar surface area (TPSA) is 42.9 Å². The van der Waals surface area contributed by atoms with Gasteiger partial charge in [0.25, 0.3) is 0 Å². The minimum absolute atomic E-state index is 0.0505. The molecule has 1 aliphatic carbocycles. The fraction of sp³-hybridized carbons (Fsp3) is 0.235. The molecule has 0 saturated heterocycles. The van der Waals surface area contributed by atoms with E-state index in [1.165, 1.54) is 0 Å². The van der Waals surface area contributed by atoms with E-state index in [1.54, 1.807) is 23.1 Å². The molecular weight excluding hydrogens is 312 g/mol. The lowest BCUT2D eigenvalue weighted by molar-refractivity contribution is -0.116. The number of para-hydroxylation sites is 1. The third-order valence-corrected chi connectivity index (χ3v) is 6.00. The van der Waals surface area contributed by atoms with Crippen LogP contribution in [0.2, 0.25) is 0 Å². The maximum atomic E-state index is 12.0. The highest BCUT2D eigenvalue weighted by Gasteiger charge is 2.26. The summed E-state index contributed by atoms with van der Waals surface area (Å²) in [6.45, 7) is 0. The first-order valence-electron chi connectivity index (χ1n) is 7.31. The molecular formula is C17H14N2OS2. The SMILES string of the molecule is O=C1CCC[C@H]1Sc1nc(-c2cccs2)nc2ccccc12. The van der Waals surface area contributed by atoms with Gasteiger partial charge in [-0.3, -0.25) is 4.79 Å². The van der Waals surface area contributed by atoms with Gasteiger partial charge in [-0.15, -0.1) is 11.3 Å². The van der Waals surface area contributed by atoms with Crippen molar-refractivity contribution in [3.8, 4) is 10.7 Å². The Kier molecular flexibility index (Phi) is 3.68. The quantitative estimate of drug-likeness (QED) is 0.661. The molecule has 0 spiro atoms. The van der Waals surface area contributed by atoms with Crippen molar-refractivity contribution in [2.24, 2.45) is 0 Å². The molecule has 2 aromatic heterocycles. The van der Waals surface area contributed by atoms with Gasteiger partial charge >= 0.3 is 0 Å². The van der Waals surface area contributed by atoms with Crippen molar-refractivity contribution < 1.29 is 4.79 Å². The van der Waals surface area contributed by atoms with Gasteiger partial charge in [-0.1, -0.05) is 36.0 Å². The molecule has 22 heavy (non-hydrogen) atoms. The van der Waals surface area contributed by atoms with Gasteiger partial charge in [-0.25, -0.2) is 9.97 Å². The number of fused-ring (bicyclic) bond motifs is 1. The monoisotopic (exact) mass is 326 g/mol. The zero-order valence-electron chi connectivity index (χ0n) is 11.9. The predicted octanol–water partition coefficient (Wildman–Crippen LogP) is 4.57. The van der Waals surface area contributed by atoms with Crippen LogP contribution < -0.4 is 0 Å². The molecule has 0 bridgehead atoms. The van der Waals surface area contributed by atoms with E-state index in [1.807, 2.05) is 41.8 Å². The first-order valence-corrected chi connectivity index (χ1v) is 9.07. The molecule has 1 fully saturated rings. The van der Waals surface area contributed by atoms with Crippen LogP contribution in [0.1, 0.15) is 19.3 Å². The second-order valence-electron chi connectivity index (χ2n) is 5.31. The van der Waals surface area contributed by atoms with Gasteiger partial charge in [-0.2, -0.15) is 0 Å². The maximum Gasteiger partial charge on any atom is 0.171 e. The van der Waals surface area contributed by atoms with Gasteiger partial charge in [0, 0.05) is 11.8 Å². The van der Waals surface area contributed by atoms with E-state index in [2.05, 4.69) is 4.98 Å². The molecule has 1 aromatic carbocycles. The van der Waals surface area contributed by atoms with Crippen molar-refractivity contribution in [3.05, 3.63) is 41.8 Å². The number of ketones is 1. The molecule has 1 saturated carbocycles. The molecule has 3 aromatic rings. The highest BCUT2D eigenvalue weighted by molar-refractivity contribution is 8.00. The van der Waals surface area contributed by atoms with E-state index in [-0.39, 0.29) is 5.25 Å². The van der Waals surface area contributed by atoms with E-state index in [4.69, 9.17) is 4.98 Å². The van der Waals surface area contributed by atoms with Crippen LogP contribution in [0.4, 0.5) is 0 Å². The van der Waals surface area contributed by atoms with Gasteiger partial charge in [0.15, 0.2) is 5.82 Å². The Labute approximate surface area is 136 Å². The van der Waals surface area contributed by atoms with Crippen molar-refractivity contribution in [3.63, 3.8) is 0 Å². The highest BCUT2D eigenvalue weighted by atomic mass is 32.2. The lowest BCUT2D eigenvalue weighted by atomic mass is 10.2. The molecule has 0 aliphatic heterocycles. The average Bonchev–Trinajstić information content (AvgIpc) is 3.20. The fourth-order valence-electron chi connectivity index (χ4n) is 2.70. The molecule has 1 aliphatic rings. The Morgan fingerprint density at radius 3 is 2.82 bits per heavy atom. The summed E-state index contributed by atoms with van der Waals surface area (Å²) in [7, 11) is 0. The molecule has 5 heteroatoms. The minimum Gasteiger partial charge on any atom is -0.298 e. The summed E-state index contributed by atoms with van der Waals surface area (Å²) < 4.78 is 0. The van der Waals surface area contributed by atoms with Crippen LogP contribution in [0.25, 0.3) is 21.6 Å². The van der Waals surface area contributed by atoms with Gasteiger partial charge in [0.05, 0.1) is 15.6 Å². The Bertz CT molecular complexity index is 830. The van der Waals surface area contributed by atoms with Crippen LogP contribution in [0, 0.1) is 0 Å². The van der Waals surface area contributed by atoms with E-state index < -0.39 is 0 Å². The lowest BCUT2D eigenvalue weighted by Gasteiger charge is -2.11. The van der Waals surface area contributed by atoms with Crippen LogP contribution >= 0.6 is 23.1 Å². The number of rotatable bonds is 3. The normalized spacial score (nSPS) is 18.2. The fourth-order valence-corrected chi connectivity index (χ4v) is 4.60. The third-order valence-electron chi connectivity index (χ3n) is 3.81. The first-order chi connectivity index (χ1) is 10.8. The highest BCUT2D eigenvalue weighted by Crippen LogP contribution is 2.36. The van der Waals surface area contributed by atoms with Crippen molar-refractivity contribution in [2.45, 2.75) is 29.5 Å². The third kappa shape index (κ3) is 2.55. The average molecular weight is 326 g/mol. The number of thiophene rings is 1. The summed E-state index contributed by atoms with van der Waals surface area (Å²) in [5.41, 5.74) is 0.939. The molecule has 3 nitrogen and oxygen atoms in total. The van der Waals surface area contributed by atoms with Crippen LogP contribution in [0.15, 0.2) is 46.8 Å². The minimum atomic E-state index is 0.0505. The maximum absolute atomic E-state index is 12.0. The Hall–Kier alpha value is -1.72. The van der Waals surface area contributed by atoms with E-state index in [9.17, 15) is 4.79 Å². The van der Waals surface area contributed by atoms with E-state index in [0.717, 1.165) is 39.5 Å². The van der Waals surface area contributed by atoms with Gasteiger partial charge in [0.2, 0.25) is 0 Å². The van der Waals surface area contributed by atoms with Gasteiger partial charge in [0.1, 0.15) is 10.8 Å². The van der Waals surface area contributed by atoms with Crippen LogP contribution in [0.3, 0.4) is 0 Å². The summed E-state index contributed by atoms with van der Waals surface area (Å²) in [6.07, 6.45) is 2.66. The molecule has 0 amide bonds. The zero-order chi connectivity index (χ0) is 14.9. The summed E-state index contributed by atoms with van der Waals surface area (Å²) >= 11 is 3.24. The summed E-state index contributed by atoms with van der Waals surface area (Å²) in [5.74, 6) is 1.10. The smallest absolute Gasteiger partial charge is 0.171 e. The summed E-state index contributed by atoms with van der Waals surface area (Å²) in [4.78, 5) is 22.5. The van der Waals surface area contributed by atoms with Crippen LogP contribution in [0.5, 0.6) is 0 Å². The second-order valence-corrected chi connectivity index (χ2v) is 7.45. The molecule has 110 valence electrons. The first kappa shape index (κ1) is 13.9. The van der Waals surface area contributed by atoms with Crippen LogP contribution in [-0.4, -0.2) is 21.0 Å². The number of benzene rings is 1. The number of hydrogen-bond acceptors (Lipinski definition) is 5. The predicted molar refractivity (Wildman–Crippen MR) is 91.4 cm³/mol. The van der Waals surface area contributed by atoms with E-state index in [0.29, 0.717) is 12.2 Å². The molecule has 2 heterocycles. The largest absolute Gasteiger partial charge is 0.298 e. The number of nitrogens with zero attached hydrogens (tertiary/aromatic N) is 2. The van der Waals surface area contributed by atoms with Crippen molar-refractivity contribution in [1.29, 1.82) is 0 Å². The van der Waals surface area contributed by atoms with Gasteiger partial charge < -0.3 is 0 Å². The lowest BCUT2D eigenvalue weighted by Crippen LogP contribution is -2.08. The van der Waals surface area contributed by atoms with Crippen LogP contribution in [-0.2, 0) is 4.79 Å². The number of aromatic nitrogens is 2. The molecule has 0 unspecified atom stereocenters. The van der Waals surface area contributed by atoms with Crippen molar-refractivity contribution in [1.82, 2.24) is 9.97 Å². The number of thioether (sulfide) groups is 1. The molecule has 4 rings (SSSR count). The number of Topliss-reactive ketones (excluding diaryl/α,β-unsaturated/α-hetero) is 1. The zero-order valence-corrected chi connectivity index (χ0v) is 13.5. The Morgan fingerprint density at radius 2 is 2.05 bits per heavy atom.